The van der Waals surface area contributed by atoms with E-state index in [1.807, 2.05) is 66.7 Å². The average Bonchev–Trinajstić information content (AvgIpc) is 3.81. The molecule has 2 heterocycles. The molecule has 0 radical (unpaired) electrons. The molecule has 1 spiro atoms. The van der Waals surface area contributed by atoms with Gasteiger partial charge in [-0.25, -0.2) is 15.0 Å². The number of hydrogen-bond acceptors (Lipinski definition) is 4. The van der Waals surface area contributed by atoms with Gasteiger partial charge in [-0.3, -0.25) is 0 Å². The first-order valence-corrected chi connectivity index (χ1v) is 16.9. The Balaban J connectivity index is 1.21. The molecule has 0 amide bonds. The average molecular weight is 638 g/mol. The molecule has 0 unspecified atom stereocenters. The molecule has 2 aromatic heterocycles. The molecule has 0 saturated carbocycles. The van der Waals surface area contributed by atoms with Gasteiger partial charge in [0, 0.05) is 27.5 Å². The van der Waals surface area contributed by atoms with E-state index in [1.165, 1.54) is 44.5 Å². The standard InChI is InChI=1S/C46H27N3O/c1-3-13-28(14-4-1)43-47-44(29-15-5-2-6-16-29)49-45(48-43)30-23-24-39-34(25-30)35-26-36-33-19-9-12-22-41(33)50-42(36)27-40(35)46(39)37-20-10-7-17-31(37)32-18-8-11-21-38(32)46/h1-27H. The van der Waals surface area contributed by atoms with Crippen LogP contribution >= 0.6 is 0 Å². The van der Waals surface area contributed by atoms with E-state index in [9.17, 15) is 0 Å². The SMILES string of the molecule is c1ccc(-c2nc(-c3ccccc3)nc(-c3ccc4c(c3)-c3cc5c(cc3C43c4ccccc4-c4ccccc43)oc3ccccc35)n2)cc1. The van der Waals surface area contributed by atoms with E-state index in [0.29, 0.717) is 17.5 Å². The monoisotopic (exact) mass is 637 g/mol. The fourth-order valence-corrected chi connectivity index (χ4v) is 8.44. The van der Waals surface area contributed by atoms with Gasteiger partial charge in [0.15, 0.2) is 17.5 Å². The van der Waals surface area contributed by atoms with E-state index in [4.69, 9.17) is 19.4 Å². The number of para-hydroxylation sites is 1. The fourth-order valence-electron chi connectivity index (χ4n) is 8.44. The lowest BCUT2D eigenvalue weighted by Crippen LogP contribution is -2.25. The van der Waals surface area contributed by atoms with Crippen LogP contribution in [0.15, 0.2) is 168 Å². The van der Waals surface area contributed by atoms with Gasteiger partial charge in [-0.05, 0) is 68.8 Å². The lowest BCUT2D eigenvalue weighted by atomic mass is 9.70. The van der Waals surface area contributed by atoms with Crippen molar-refractivity contribution in [2.75, 3.05) is 0 Å². The van der Waals surface area contributed by atoms with E-state index in [0.717, 1.165) is 38.6 Å². The summed E-state index contributed by atoms with van der Waals surface area (Å²) in [6.45, 7) is 0. The summed E-state index contributed by atoms with van der Waals surface area (Å²) >= 11 is 0. The quantitative estimate of drug-likeness (QED) is 0.193. The summed E-state index contributed by atoms with van der Waals surface area (Å²) in [4.78, 5) is 15.1. The molecule has 0 N–H and O–H groups in total. The predicted octanol–water partition coefficient (Wildman–Crippen LogP) is 11.1. The molecule has 9 aromatic rings. The molecule has 4 nitrogen and oxygen atoms in total. The minimum absolute atomic E-state index is 0.493. The zero-order valence-electron chi connectivity index (χ0n) is 26.8. The number of furan rings is 1. The van der Waals surface area contributed by atoms with E-state index in [1.54, 1.807) is 0 Å². The molecule has 232 valence electrons. The topological polar surface area (TPSA) is 51.8 Å². The Hall–Kier alpha value is -6.65. The number of rotatable bonds is 3. The maximum Gasteiger partial charge on any atom is 0.164 e. The van der Waals surface area contributed by atoms with Crippen LogP contribution in [0.4, 0.5) is 0 Å². The number of nitrogens with zero attached hydrogens (tertiary/aromatic N) is 3. The van der Waals surface area contributed by atoms with Crippen molar-refractivity contribution in [1.82, 2.24) is 15.0 Å². The third-order valence-corrected chi connectivity index (χ3v) is 10.5. The van der Waals surface area contributed by atoms with E-state index in [2.05, 4.69) is 97.1 Å². The zero-order valence-corrected chi connectivity index (χ0v) is 26.8. The first-order chi connectivity index (χ1) is 24.8. The van der Waals surface area contributed by atoms with Gasteiger partial charge in [0.1, 0.15) is 11.2 Å². The van der Waals surface area contributed by atoms with Crippen LogP contribution in [0.5, 0.6) is 0 Å². The number of benzene rings is 7. The number of hydrogen-bond donors (Lipinski definition) is 0. The second kappa shape index (κ2) is 10.2. The second-order valence-corrected chi connectivity index (χ2v) is 13.1. The highest BCUT2D eigenvalue weighted by molar-refractivity contribution is 6.09. The zero-order chi connectivity index (χ0) is 32.8. The summed E-state index contributed by atoms with van der Waals surface area (Å²) < 4.78 is 6.53. The van der Waals surface area contributed by atoms with E-state index < -0.39 is 5.41 Å². The van der Waals surface area contributed by atoms with Crippen LogP contribution in [-0.2, 0) is 5.41 Å². The summed E-state index contributed by atoms with van der Waals surface area (Å²) in [6.07, 6.45) is 0. The van der Waals surface area contributed by atoms with Gasteiger partial charge in [-0.2, -0.15) is 0 Å². The van der Waals surface area contributed by atoms with E-state index >= 15 is 0 Å². The largest absolute Gasteiger partial charge is 0.456 e. The summed E-state index contributed by atoms with van der Waals surface area (Å²) in [5.74, 6) is 1.94. The highest BCUT2D eigenvalue weighted by Gasteiger charge is 2.52. The van der Waals surface area contributed by atoms with Crippen LogP contribution in [0.3, 0.4) is 0 Å². The Morgan fingerprint density at radius 2 is 0.860 bits per heavy atom. The lowest BCUT2D eigenvalue weighted by molar-refractivity contribution is 0.666. The minimum Gasteiger partial charge on any atom is -0.456 e. The van der Waals surface area contributed by atoms with Gasteiger partial charge >= 0.3 is 0 Å². The lowest BCUT2D eigenvalue weighted by Gasteiger charge is -2.30. The van der Waals surface area contributed by atoms with Gasteiger partial charge in [0.25, 0.3) is 0 Å². The molecule has 0 fully saturated rings. The van der Waals surface area contributed by atoms with Crippen molar-refractivity contribution in [2.45, 2.75) is 5.41 Å². The van der Waals surface area contributed by atoms with Crippen LogP contribution in [0.2, 0.25) is 0 Å². The normalized spacial score (nSPS) is 13.4. The van der Waals surface area contributed by atoms with Crippen molar-refractivity contribution in [3.63, 3.8) is 0 Å². The summed E-state index contributed by atoms with van der Waals surface area (Å²) in [5, 5.41) is 2.24. The number of aromatic nitrogens is 3. The smallest absolute Gasteiger partial charge is 0.164 e. The fraction of sp³-hybridized carbons (Fsp3) is 0.0217. The molecule has 50 heavy (non-hydrogen) atoms. The van der Waals surface area contributed by atoms with Crippen molar-refractivity contribution >= 4 is 21.9 Å². The second-order valence-electron chi connectivity index (χ2n) is 13.1. The maximum atomic E-state index is 6.53. The van der Waals surface area contributed by atoms with Gasteiger partial charge in [-0.15, -0.1) is 0 Å². The summed E-state index contributed by atoms with van der Waals surface area (Å²) in [5.41, 5.74) is 14.2. The third-order valence-electron chi connectivity index (χ3n) is 10.5. The van der Waals surface area contributed by atoms with Crippen molar-refractivity contribution in [1.29, 1.82) is 0 Å². The van der Waals surface area contributed by atoms with Crippen LogP contribution in [0, 0.1) is 0 Å². The Kier molecular flexibility index (Phi) is 5.56. The highest BCUT2D eigenvalue weighted by Crippen LogP contribution is 2.63. The Morgan fingerprint density at radius 1 is 0.340 bits per heavy atom. The molecule has 4 heteroatoms. The molecule has 2 aliphatic rings. The van der Waals surface area contributed by atoms with E-state index in [-0.39, 0.29) is 0 Å². The molecule has 2 aliphatic carbocycles. The molecule has 0 saturated heterocycles. The predicted molar refractivity (Wildman–Crippen MR) is 200 cm³/mol. The molecule has 11 rings (SSSR count). The van der Waals surface area contributed by atoms with Crippen molar-refractivity contribution in [2.24, 2.45) is 0 Å². The molecule has 7 aromatic carbocycles. The van der Waals surface area contributed by atoms with Crippen molar-refractivity contribution in [3.8, 4) is 56.4 Å². The van der Waals surface area contributed by atoms with Crippen LogP contribution < -0.4 is 0 Å². The van der Waals surface area contributed by atoms with Gasteiger partial charge in [-0.1, -0.05) is 140 Å². The van der Waals surface area contributed by atoms with Gasteiger partial charge < -0.3 is 4.42 Å². The summed E-state index contributed by atoms with van der Waals surface area (Å²) in [6, 6.07) is 57.8. The van der Waals surface area contributed by atoms with Crippen LogP contribution in [0.25, 0.3) is 78.4 Å². The molecular weight excluding hydrogens is 611 g/mol. The summed E-state index contributed by atoms with van der Waals surface area (Å²) in [7, 11) is 0. The molecule has 0 atom stereocenters. The van der Waals surface area contributed by atoms with Crippen molar-refractivity contribution in [3.05, 3.63) is 186 Å². The molecule has 0 bridgehead atoms. The molecule has 0 aliphatic heterocycles. The number of fused-ring (bicyclic) bond motifs is 13. The first kappa shape index (κ1) is 27.3. The van der Waals surface area contributed by atoms with Crippen LogP contribution in [0.1, 0.15) is 22.3 Å². The van der Waals surface area contributed by atoms with Crippen molar-refractivity contribution < 1.29 is 4.42 Å². The third kappa shape index (κ3) is 3.67. The first-order valence-electron chi connectivity index (χ1n) is 16.9. The van der Waals surface area contributed by atoms with Gasteiger partial charge in [0.05, 0.1) is 5.41 Å². The Morgan fingerprint density at radius 3 is 1.52 bits per heavy atom. The van der Waals surface area contributed by atoms with Gasteiger partial charge in [0.2, 0.25) is 0 Å². The maximum absolute atomic E-state index is 6.53. The highest BCUT2D eigenvalue weighted by atomic mass is 16.3. The van der Waals surface area contributed by atoms with Crippen LogP contribution in [-0.4, -0.2) is 15.0 Å². The minimum atomic E-state index is -0.493. The Labute approximate surface area is 288 Å². The Bertz CT molecular complexity index is 2720. The molecular formula is C46H27N3O.